The molecular weight excluding hydrogens is 250 g/mol. The SMILES string of the molecule is O=S(=O)(c1ccc(Cl)nc1)N1CCNCC1. The lowest BCUT2D eigenvalue weighted by Gasteiger charge is -2.26. The fourth-order valence-corrected chi connectivity index (χ4v) is 3.05. The second-order valence-electron chi connectivity index (χ2n) is 3.47. The van der Waals surface area contributed by atoms with Crippen molar-refractivity contribution in [3.63, 3.8) is 0 Å². The summed E-state index contributed by atoms with van der Waals surface area (Å²) < 4.78 is 25.7. The Morgan fingerprint density at radius 2 is 2.00 bits per heavy atom. The normalized spacial score (nSPS) is 18.6. The molecule has 0 bridgehead atoms. The van der Waals surface area contributed by atoms with Gasteiger partial charge in [0.1, 0.15) is 10.0 Å². The molecule has 1 aromatic rings. The second-order valence-corrected chi connectivity index (χ2v) is 5.80. The van der Waals surface area contributed by atoms with Crippen LogP contribution < -0.4 is 5.32 Å². The maximum atomic E-state index is 12.1. The zero-order chi connectivity index (χ0) is 11.6. The Bertz CT molecular complexity index is 454. The Morgan fingerprint density at radius 3 is 2.56 bits per heavy atom. The van der Waals surface area contributed by atoms with Crippen LogP contribution in [0, 0.1) is 0 Å². The first-order chi connectivity index (χ1) is 7.60. The van der Waals surface area contributed by atoms with E-state index in [1.54, 1.807) is 0 Å². The van der Waals surface area contributed by atoms with Crippen molar-refractivity contribution >= 4 is 21.6 Å². The first-order valence-corrected chi connectivity index (χ1v) is 6.75. The summed E-state index contributed by atoms with van der Waals surface area (Å²) in [6.07, 6.45) is 1.29. The lowest BCUT2D eigenvalue weighted by Crippen LogP contribution is -2.46. The molecule has 1 aromatic heterocycles. The van der Waals surface area contributed by atoms with Crippen LogP contribution in [0.2, 0.25) is 5.15 Å². The van der Waals surface area contributed by atoms with E-state index in [0.29, 0.717) is 31.3 Å². The Balaban J connectivity index is 2.27. The molecule has 0 aromatic carbocycles. The van der Waals surface area contributed by atoms with Crippen LogP contribution in [-0.4, -0.2) is 43.9 Å². The number of hydrogen-bond acceptors (Lipinski definition) is 4. The van der Waals surface area contributed by atoms with Gasteiger partial charge in [-0.1, -0.05) is 11.6 Å². The number of piperazine rings is 1. The van der Waals surface area contributed by atoms with Crippen molar-refractivity contribution in [1.82, 2.24) is 14.6 Å². The molecule has 16 heavy (non-hydrogen) atoms. The third-order valence-electron chi connectivity index (χ3n) is 2.41. The van der Waals surface area contributed by atoms with Gasteiger partial charge in [-0.15, -0.1) is 0 Å². The van der Waals surface area contributed by atoms with Gasteiger partial charge >= 0.3 is 0 Å². The molecule has 1 saturated heterocycles. The van der Waals surface area contributed by atoms with Crippen molar-refractivity contribution in [3.05, 3.63) is 23.5 Å². The number of halogens is 1. The first kappa shape index (κ1) is 11.8. The predicted molar refractivity (Wildman–Crippen MR) is 60.9 cm³/mol. The van der Waals surface area contributed by atoms with Gasteiger partial charge in [-0.3, -0.25) is 0 Å². The molecule has 0 amide bonds. The monoisotopic (exact) mass is 261 g/mol. The molecule has 2 heterocycles. The van der Waals surface area contributed by atoms with Gasteiger partial charge in [-0.2, -0.15) is 4.31 Å². The van der Waals surface area contributed by atoms with E-state index in [1.807, 2.05) is 0 Å². The summed E-state index contributed by atoms with van der Waals surface area (Å²) in [7, 11) is -3.41. The summed E-state index contributed by atoms with van der Waals surface area (Å²) in [5.41, 5.74) is 0. The largest absolute Gasteiger partial charge is 0.314 e. The van der Waals surface area contributed by atoms with Gasteiger partial charge in [0.2, 0.25) is 10.0 Å². The Morgan fingerprint density at radius 1 is 1.31 bits per heavy atom. The molecule has 0 radical (unpaired) electrons. The van der Waals surface area contributed by atoms with Crippen molar-refractivity contribution < 1.29 is 8.42 Å². The van der Waals surface area contributed by atoms with Crippen LogP contribution in [0.25, 0.3) is 0 Å². The summed E-state index contributed by atoms with van der Waals surface area (Å²) in [4.78, 5) is 3.98. The standard InChI is InChI=1S/C9H12ClN3O2S/c10-9-2-1-8(7-12-9)16(14,15)13-5-3-11-4-6-13/h1-2,7,11H,3-6H2. The van der Waals surface area contributed by atoms with Crippen LogP contribution in [0.5, 0.6) is 0 Å². The maximum Gasteiger partial charge on any atom is 0.244 e. The Kier molecular flexibility index (Phi) is 3.44. The smallest absolute Gasteiger partial charge is 0.244 e. The average Bonchev–Trinajstić information content (AvgIpc) is 2.31. The van der Waals surface area contributed by atoms with E-state index in [-0.39, 0.29) is 4.90 Å². The molecule has 7 heteroatoms. The van der Waals surface area contributed by atoms with Gasteiger partial charge < -0.3 is 5.32 Å². The van der Waals surface area contributed by atoms with Gasteiger partial charge in [-0.25, -0.2) is 13.4 Å². The van der Waals surface area contributed by atoms with Crippen LogP contribution in [0.4, 0.5) is 0 Å². The molecule has 0 aliphatic carbocycles. The molecule has 0 unspecified atom stereocenters. The molecule has 1 fully saturated rings. The highest BCUT2D eigenvalue weighted by atomic mass is 35.5. The van der Waals surface area contributed by atoms with Gasteiger partial charge in [0, 0.05) is 32.4 Å². The molecule has 5 nitrogen and oxygen atoms in total. The van der Waals surface area contributed by atoms with Crippen molar-refractivity contribution in [1.29, 1.82) is 0 Å². The first-order valence-electron chi connectivity index (χ1n) is 4.93. The number of nitrogens with zero attached hydrogens (tertiary/aromatic N) is 2. The predicted octanol–water partition coefficient (Wildman–Crippen LogP) is 0.329. The number of aromatic nitrogens is 1. The van der Waals surface area contributed by atoms with Gasteiger partial charge in [-0.05, 0) is 12.1 Å². The number of hydrogen-bond donors (Lipinski definition) is 1. The van der Waals surface area contributed by atoms with E-state index in [1.165, 1.54) is 22.6 Å². The minimum atomic E-state index is -3.41. The van der Waals surface area contributed by atoms with Crippen molar-refractivity contribution in [2.24, 2.45) is 0 Å². The summed E-state index contributed by atoms with van der Waals surface area (Å²) in [5, 5.41) is 3.40. The van der Waals surface area contributed by atoms with Crippen LogP contribution in [0.15, 0.2) is 23.2 Å². The molecule has 0 spiro atoms. The minimum absolute atomic E-state index is 0.193. The summed E-state index contributed by atoms with van der Waals surface area (Å²) in [5.74, 6) is 0. The molecule has 2 rings (SSSR count). The van der Waals surface area contributed by atoms with Gasteiger partial charge in [0.05, 0.1) is 0 Å². The highest BCUT2D eigenvalue weighted by molar-refractivity contribution is 7.89. The highest BCUT2D eigenvalue weighted by Gasteiger charge is 2.25. The fraction of sp³-hybridized carbons (Fsp3) is 0.444. The number of sulfonamides is 1. The fourth-order valence-electron chi connectivity index (χ4n) is 1.55. The average molecular weight is 262 g/mol. The van der Waals surface area contributed by atoms with Crippen molar-refractivity contribution in [2.75, 3.05) is 26.2 Å². The maximum absolute atomic E-state index is 12.1. The minimum Gasteiger partial charge on any atom is -0.314 e. The Hall–Kier alpha value is -0.690. The number of pyridine rings is 1. The lowest BCUT2D eigenvalue weighted by molar-refractivity contribution is 0.360. The van der Waals surface area contributed by atoms with Crippen molar-refractivity contribution in [3.8, 4) is 0 Å². The van der Waals surface area contributed by atoms with Gasteiger partial charge in [0.15, 0.2) is 0 Å². The quantitative estimate of drug-likeness (QED) is 0.780. The van der Waals surface area contributed by atoms with E-state index in [9.17, 15) is 8.42 Å². The van der Waals surface area contributed by atoms with E-state index < -0.39 is 10.0 Å². The molecular formula is C9H12ClN3O2S. The summed E-state index contributed by atoms with van der Waals surface area (Å²) in [6, 6.07) is 2.96. The van der Waals surface area contributed by atoms with Gasteiger partial charge in [0.25, 0.3) is 0 Å². The highest BCUT2D eigenvalue weighted by Crippen LogP contribution is 2.16. The van der Waals surface area contributed by atoms with E-state index >= 15 is 0 Å². The molecule has 0 saturated carbocycles. The van der Waals surface area contributed by atoms with Crippen molar-refractivity contribution in [2.45, 2.75) is 4.90 Å². The molecule has 1 aliphatic rings. The van der Waals surface area contributed by atoms with E-state index in [4.69, 9.17) is 11.6 Å². The molecule has 0 atom stereocenters. The van der Waals surface area contributed by atoms with E-state index in [2.05, 4.69) is 10.3 Å². The topological polar surface area (TPSA) is 62.3 Å². The number of rotatable bonds is 2. The third kappa shape index (κ3) is 2.35. The van der Waals surface area contributed by atoms with Crippen LogP contribution >= 0.6 is 11.6 Å². The lowest BCUT2D eigenvalue weighted by atomic mass is 10.4. The Labute approximate surface area is 99.5 Å². The van der Waals surface area contributed by atoms with E-state index in [0.717, 1.165) is 0 Å². The molecule has 88 valence electrons. The third-order valence-corrected chi connectivity index (χ3v) is 4.52. The molecule has 1 N–H and O–H groups in total. The van der Waals surface area contributed by atoms with Crippen LogP contribution in [-0.2, 0) is 10.0 Å². The second kappa shape index (κ2) is 4.67. The summed E-state index contributed by atoms with van der Waals surface area (Å²) in [6.45, 7) is 2.34. The summed E-state index contributed by atoms with van der Waals surface area (Å²) >= 11 is 5.62. The molecule has 1 aliphatic heterocycles. The van der Waals surface area contributed by atoms with Crippen LogP contribution in [0.3, 0.4) is 0 Å². The number of nitrogens with one attached hydrogen (secondary N) is 1. The zero-order valence-electron chi connectivity index (χ0n) is 8.56. The van der Waals surface area contributed by atoms with Crippen LogP contribution in [0.1, 0.15) is 0 Å². The zero-order valence-corrected chi connectivity index (χ0v) is 10.1.